The number of hydrogen-bond acceptors (Lipinski definition) is 3. The van der Waals surface area contributed by atoms with Crippen molar-refractivity contribution in [2.24, 2.45) is 0 Å². The van der Waals surface area contributed by atoms with Gasteiger partial charge in [-0.05, 0) is 31.0 Å². The van der Waals surface area contributed by atoms with Crippen molar-refractivity contribution in [3.8, 4) is 0 Å². The highest BCUT2D eigenvalue weighted by atomic mass is 79.9. The van der Waals surface area contributed by atoms with Gasteiger partial charge in [0.05, 0.1) is 16.8 Å². The number of aromatic nitrogens is 1. The van der Waals surface area contributed by atoms with Gasteiger partial charge in [0.2, 0.25) is 0 Å². The van der Waals surface area contributed by atoms with Crippen LogP contribution in [0, 0.1) is 13.8 Å². The number of halogens is 1. The molecule has 0 saturated carbocycles. The summed E-state index contributed by atoms with van der Waals surface area (Å²) < 4.78 is 1.03. The maximum absolute atomic E-state index is 10.2. The lowest BCUT2D eigenvalue weighted by Crippen LogP contribution is -2.04. The number of aliphatic hydroxyl groups is 1. The highest BCUT2D eigenvalue weighted by molar-refractivity contribution is 9.10. The molecule has 0 bridgehead atoms. The van der Waals surface area contributed by atoms with Crippen LogP contribution in [0.25, 0.3) is 0 Å². The van der Waals surface area contributed by atoms with E-state index in [1.807, 2.05) is 37.4 Å². The van der Waals surface area contributed by atoms with Crippen LogP contribution in [-0.4, -0.2) is 10.1 Å². The van der Waals surface area contributed by atoms with E-state index in [1.54, 1.807) is 11.3 Å². The average molecular weight is 312 g/mol. The Kier molecular flexibility index (Phi) is 3.97. The first kappa shape index (κ1) is 12.7. The van der Waals surface area contributed by atoms with E-state index in [4.69, 9.17) is 0 Å². The van der Waals surface area contributed by atoms with Gasteiger partial charge >= 0.3 is 0 Å². The van der Waals surface area contributed by atoms with E-state index in [9.17, 15) is 5.11 Å². The summed E-state index contributed by atoms with van der Waals surface area (Å²) >= 11 is 5.10. The number of aryl methyl sites for hydroxylation is 1. The topological polar surface area (TPSA) is 33.1 Å². The van der Waals surface area contributed by atoms with E-state index >= 15 is 0 Å². The lowest BCUT2D eigenvalue weighted by molar-refractivity contribution is 0.176. The van der Waals surface area contributed by atoms with Gasteiger partial charge < -0.3 is 5.11 Å². The zero-order valence-corrected chi connectivity index (χ0v) is 12.2. The Labute approximate surface area is 113 Å². The van der Waals surface area contributed by atoms with Gasteiger partial charge in [-0.25, -0.2) is 4.98 Å². The lowest BCUT2D eigenvalue weighted by Gasteiger charge is -2.13. The predicted molar refractivity (Wildman–Crippen MR) is 74.4 cm³/mol. The van der Waals surface area contributed by atoms with Crippen LogP contribution in [0.3, 0.4) is 0 Å². The molecular weight excluding hydrogens is 298 g/mol. The Morgan fingerprint density at radius 3 is 2.82 bits per heavy atom. The van der Waals surface area contributed by atoms with Crippen LogP contribution in [0.1, 0.15) is 27.9 Å². The van der Waals surface area contributed by atoms with Gasteiger partial charge in [0, 0.05) is 16.3 Å². The van der Waals surface area contributed by atoms with E-state index in [-0.39, 0.29) is 0 Å². The minimum Gasteiger partial charge on any atom is -0.388 e. The first-order chi connectivity index (χ1) is 8.08. The molecule has 0 spiro atoms. The lowest BCUT2D eigenvalue weighted by atomic mass is 10.0. The summed E-state index contributed by atoms with van der Waals surface area (Å²) in [6.45, 7) is 3.99. The van der Waals surface area contributed by atoms with Gasteiger partial charge in [0.15, 0.2) is 0 Å². The smallest absolute Gasteiger partial charge is 0.0897 e. The third-order valence-electron chi connectivity index (χ3n) is 2.74. The van der Waals surface area contributed by atoms with Crippen LogP contribution < -0.4 is 0 Å². The van der Waals surface area contributed by atoms with Gasteiger partial charge in [-0.1, -0.05) is 28.1 Å². The van der Waals surface area contributed by atoms with E-state index in [1.165, 1.54) is 0 Å². The molecule has 2 aromatic rings. The van der Waals surface area contributed by atoms with Crippen LogP contribution >= 0.6 is 27.3 Å². The Morgan fingerprint density at radius 2 is 2.18 bits per heavy atom. The second-order valence-electron chi connectivity index (χ2n) is 4.03. The molecule has 0 saturated heterocycles. The van der Waals surface area contributed by atoms with Crippen LogP contribution in [0.5, 0.6) is 0 Å². The maximum Gasteiger partial charge on any atom is 0.0897 e. The van der Waals surface area contributed by atoms with E-state index in [0.29, 0.717) is 6.42 Å². The Bertz CT molecular complexity index is 524. The summed E-state index contributed by atoms with van der Waals surface area (Å²) in [7, 11) is 0. The molecule has 0 radical (unpaired) electrons. The van der Waals surface area contributed by atoms with Crippen molar-refractivity contribution in [1.29, 1.82) is 0 Å². The number of thiazole rings is 1. The molecule has 0 fully saturated rings. The summed E-state index contributed by atoms with van der Waals surface area (Å²) in [6, 6.07) is 5.89. The highest BCUT2D eigenvalue weighted by Gasteiger charge is 2.13. The normalized spacial score (nSPS) is 12.7. The first-order valence-corrected chi connectivity index (χ1v) is 7.09. The summed E-state index contributed by atoms with van der Waals surface area (Å²) in [5.74, 6) is 0. The molecule has 1 aromatic heterocycles. The molecule has 0 amide bonds. The molecule has 90 valence electrons. The number of hydrogen-bond donors (Lipinski definition) is 1. The Balaban J connectivity index is 2.20. The molecular formula is C13H14BrNOS. The number of nitrogens with zero attached hydrogens (tertiary/aromatic N) is 1. The zero-order chi connectivity index (χ0) is 12.4. The summed E-state index contributed by atoms with van der Waals surface area (Å²) in [5.41, 5.74) is 3.01. The molecule has 0 aliphatic carbocycles. The van der Waals surface area contributed by atoms with Crippen LogP contribution in [0.15, 0.2) is 28.1 Å². The second kappa shape index (κ2) is 5.29. The second-order valence-corrected chi connectivity index (χ2v) is 5.95. The molecule has 1 atom stereocenters. The largest absolute Gasteiger partial charge is 0.388 e. The fourth-order valence-electron chi connectivity index (χ4n) is 1.80. The minimum absolute atomic E-state index is 0.492. The number of rotatable bonds is 3. The van der Waals surface area contributed by atoms with Crippen molar-refractivity contribution < 1.29 is 5.11 Å². The van der Waals surface area contributed by atoms with Crippen molar-refractivity contribution in [2.75, 3.05) is 0 Å². The molecule has 17 heavy (non-hydrogen) atoms. The average Bonchev–Trinajstić information content (AvgIpc) is 2.68. The quantitative estimate of drug-likeness (QED) is 0.935. The van der Waals surface area contributed by atoms with Crippen LogP contribution in [0.4, 0.5) is 0 Å². The van der Waals surface area contributed by atoms with Crippen molar-refractivity contribution in [2.45, 2.75) is 26.4 Å². The van der Waals surface area contributed by atoms with Crippen molar-refractivity contribution in [3.05, 3.63) is 49.9 Å². The fraction of sp³-hybridized carbons (Fsp3) is 0.308. The Hall–Kier alpha value is -0.710. The zero-order valence-electron chi connectivity index (χ0n) is 9.77. The molecule has 2 rings (SSSR count). The maximum atomic E-state index is 10.2. The van der Waals surface area contributed by atoms with Gasteiger partial charge in [-0.3, -0.25) is 0 Å². The minimum atomic E-state index is -0.492. The first-order valence-electron chi connectivity index (χ1n) is 5.42. The highest BCUT2D eigenvalue weighted by Crippen LogP contribution is 2.27. The van der Waals surface area contributed by atoms with Crippen molar-refractivity contribution >= 4 is 27.3 Å². The number of aliphatic hydroxyl groups excluding tert-OH is 1. The van der Waals surface area contributed by atoms with E-state index in [2.05, 4.69) is 20.9 Å². The molecule has 1 heterocycles. The monoisotopic (exact) mass is 311 g/mol. The molecule has 2 nitrogen and oxygen atoms in total. The van der Waals surface area contributed by atoms with Gasteiger partial charge in [0.25, 0.3) is 0 Å². The molecule has 4 heteroatoms. The molecule has 1 unspecified atom stereocenters. The Morgan fingerprint density at radius 1 is 1.41 bits per heavy atom. The van der Waals surface area contributed by atoms with Gasteiger partial charge in [0.1, 0.15) is 0 Å². The summed E-state index contributed by atoms with van der Waals surface area (Å²) in [4.78, 5) is 4.38. The molecule has 1 N–H and O–H groups in total. The van der Waals surface area contributed by atoms with Crippen molar-refractivity contribution in [3.63, 3.8) is 0 Å². The molecule has 0 aliphatic heterocycles. The third-order valence-corrected chi connectivity index (χ3v) is 4.42. The third kappa shape index (κ3) is 2.94. The SMILES string of the molecule is Cc1nc(CC(O)c2cccc(Br)c2C)cs1. The number of benzene rings is 1. The molecule has 0 aliphatic rings. The van der Waals surface area contributed by atoms with Crippen molar-refractivity contribution in [1.82, 2.24) is 4.98 Å². The standard InChI is InChI=1S/C13H14BrNOS/c1-8-11(4-3-5-12(8)14)13(16)6-10-7-17-9(2)15-10/h3-5,7,13,16H,6H2,1-2H3. The van der Waals surface area contributed by atoms with E-state index in [0.717, 1.165) is 26.3 Å². The van der Waals surface area contributed by atoms with Crippen LogP contribution in [-0.2, 0) is 6.42 Å². The van der Waals surface area contributed by atoms with Crippen LogP contribution in [0.2, 0.25) is 0 Å². The van der Waals surface area contributed by atoms with E-state index < -0.39 is 6.10 Å². The summed E-state index contributed by atoms with van der Waals surface area (Å²) in [6.07, 6.45) is 0.0794. The predicted octanol–water partition coefficient (Wildman–Crippen LogP) is 3.80. The fourth-order valence-corrected chi connectivity index (χ4v) is 2.80. The summed E-state index contributed by atoms with van der Waals surface area (Å²) in [5, 5.41) is 13.3. The van der Waals surface area contributed by atoms with Gasteiger partial charge in [-0.2, -0.15) is 0 Å². The van der Waals surface area contributed by atoms with Gasteiger partial charge in [-0.15, -0.1) is 11.3 Å². The molecule has 1 aromatic carbocycles.